The number of carbonyl (C=O) groups is 2. The van der Waals surface area contributed by atoms with Crippen LogP contribution < -0.4 is 10.9 Å². The van der Waals surface area contributed by atoms with E-state index in [1.54, 1.807) is 6.07 Å². The quantitative estimate of drug-likeness (QED) is 0.370. The predicted molar refractivity (Wildman–Crippen MR) is 168 cm³/mol. The first-order valence-electron chi connectivity index (χ1n) is 15.5. The van der Waals surface area contributed by atoms with Crippen molar-refractivity contribution in [2.24, 2.45) is 5.92 Å². The molecule has 2 aliphatic heterocycles. The Labute approximate surface area is 257 Å². The van der Waals surface area contributed by atoms with Crippen molar-refractivity contribution in [2.75, 3.05) is 13.1 Å². The molecule has 0 spiro atoms. The second-order valence-corrected chi connectivity index (χ2v) is 14.3. The molecule has 2 fully saturated rings. The van der Waals surface area contributed by atoms with Crippen LogP contribution in [0.25, 0.3) is 16.6 Å². The molecule has 1 saturated carbocycles. The van der Waals surface area contributed by atoms with E-state index in [0.29, 0.717) is 16.3 Å². The van der Waals surface area contributed by atoms with Gasteiger partial charge in [-0.2, -0.15) is 4.98 Å². The number of carbonyl (C=O) groups excluding carboxylic acids is 2. The van der Waals surface area contributed by atoms with Crippen molar-refractivity contribution >= 4 is 34.5 Å². The van der Waals surface area contributed by atoms with E-state index in [9.17, 15) is 14.4 Å². The van der Waals surface area contributed by atoms with Crippen LogP contribution in [0.5, 0.6) is 0 Å². The van der Waals surface area contributed by atoms with Crippen LogP contribution in [0.2, 0.25) is 5.02 Å². The number of amides is 2. The number of halogens is 1. The van der Waals surface area contributed by atoms with E-state index in [1.807, 2.05) is 37.8 Å². The average molecular weight is 605 g/mol. The fourth-order valence-corrected chi connectivity index (χ4v) is 7.41. The van der Waals surface area contributed by atoms with E-state index in [2.05, 4.69) is 46.9 Å². The van der Waals surface area contributed by atoms with Gasteiger partial charge in [-0.25, -0.2) is 4.79 Å². The van der Waals surface area contributed by atoms with Gasteiger partial charge in [-0.1, -0.05) is 29.8 Å². The Kier molecular flexibility index (Phi) is 7.56. The van der Waals surface area contributed by atoms with Gasteiger partial charge in [-0.3, -0.25) is 14.2 Å². The van der Waals surface area contributed by atoms with Crippen LogP contribution in [0, 0.1) is 5.92 Å². The fourth-order valence-electron chi connectivity index (χ4n) is 7.16. The number of piperidine rings is 1. The Bertz CT molecular complexity index is 1640. The van der Waals surface area contributed by atoms with Gasteiger partial charge in [-0.15, -0.1) is 0 Å². The summed E-state index contributed by atoms with van der Waals surface area (Å²) in [5.74, 6) is 1.37. The van der Waals surface area contributed by atoms with Gasteiger partial charge in [0.25, 0.3) is 5.56 Å². The number of nitrogens with one attached hydrogen (secondary N) is 1. The normalized spacial score (nSPS) is 21.8. The van der Waals surface area contributed by atoms with Crippen LogP contribution in [-0.2, 0) is 14.9 Å². The Balaban J connectivity index is 1.11. The largest absolute Gasteiger partial charge is 0.444 e. The SMILES string of the molecule is CC(C)(C)OC(=O)NC1CCC(C(=O)N2CCC(c3ccc4c(c3)C(C)(C)c3nc(=O)c5c(Cl)cccc5n3-4)CC2)CC1. The third-order valence-electron chi connectivity index (χ3n) is 9.43. The Morgan fingerprint density at radius 2 is 1.72 bits per heavy atom. The minimum atomic E-state index is -0.522. The number of hydrogen-bond donors (Lipinski definition) is 1. The minimum absolute atomic E-state index is 0.0197. The lowest BCUT2D eigenvalue weighted by molar-refractivity contribution is -0.137. The number of nitrogens with zero attached hydrogens (tertiary/aromatic N) is 3. The molecule has 1 aliphatic carbocycles. The summed E-state index contributed by atoms with van der Waals surface area (Å²) in [6.45, 7) is 11.3. The number of hydrogen-bond acceptors (Lipinski definition) is 5. The summed E-state index contributed by atoms with van der Waals surface area (Å²) in [4.78, 5) is 45.1. The molecule has 6 rings (SSSR count). The lowest BCUT2D eigenvalue weighted by atomic mass is 9.81. The van der Waals surface area contributed by atoms with Gasteiger partial charge >= 0.3 is 6.09 Å². The van der Waals surface area contributed by atoms with E-state index >= 15 is 0 Å². The monoisotopic (exact) mass is 604 g/mol. The number of aromatic nitrogens is 2. The third kappa shape index (κ3) is 5.54. The van der Waals surface area contributed by atoms with E-state index < -0.39 is 11.0 Å². The molecule has 0 bridgehead atoms. The molecule has 8 nitrogen and oxygen atoms in total. The van der Waals surface area contributed by atoms with Crippen molar-refractivity contribution in [3.05, 3.63) is 68.7 Å². The van der Waals surface area contributed by atoms with Gasteiger partial charge in [-0.05, 0) is 108 Å². The first-order valence-corrected chi connectivity index (χ1v) is 15.9. The Hall–Kier alpha value is -3.39. The zero-order valence-corrected chi connectivity index (χ0v) is 26.5. The smallest absolute Gasteiger partial charge is 0.407 e. The lowest BCUT2D eigenvalue weighted by Crippen LogP contribution is -2.45. The van der Waals surface area contributed by atoms with Crippen LogP contribution in [0.3, 0.4) is 0 Å². The van der Waals surface area contributed by atoms with Gasteiger partial charge in [0.15, 0.2) is 0 Å². The Morgan fingerprint density at radius 3 is 2.40 bits per heavy atom. The average Bonchev–Trinajstić information content (AvgIpc) is 3.18. The molecule has 43 heavy (non-hydrogen) atoms. The first-order chi connectivity index (χ1) is 20.3. The van der Waals surface area contributed by atoms with Gasteiger partial charge in [0.05, 0.1) is 27.0 Å². The van der Waals surface area contributed by atoms with Gasteiger partial charge in [0.2, 0.25) is 5.91 Å². The second-order valence-electron chi connectivity index (χ2n) is 13.9. The molecule has 9 heteroatoms. The van der Waals surface area contributed by atoms with Crippen molar-refractivity contribution in [1.29, 1.82) is 0 Å². The minimum Gasteiger partial charge on any atom is -0.444 e. The summed E-state index contributed by atoms with van der Waals surface area (Å²) in [5, 5.41) is 3.83. The molecule has 0 atom stereocenters. The first kappa shape index (κ1) is 29.7. The van der Waals surface area contributed by atoms with Crippen molar-refractivity contribution in [1.82, 2.24) is 19.8 Å². The molecule has 1 N–H and O–H groups in total. The van der Waals surface area contributed by atoms with Crippen molar-refractivity contribution < 1.29 is 14.3 Å². The summed E-state index contributed by atoms with van der Waals surface area (Å²) >= 11 is 6.41. The van der Waals surface area contributed by atoms with E-state index in [-0.39, 0.29) is 29.5 Å². The van der Waals surface area contributed by atoms with Gasteiger partial charge in [0, 0.05) is 25.0 Å². The van der Waals surface area contributed by atoms with Crippen LogP contribution in [0.1, 0.15) is 96.0 Å². The number of likely N-dealkylation sites (tertiary alicyclic amines) is 1. The summed E-state index contributed by atoms with van der Waals surface area (Å²) in [7, 11) is 0. The maximum Gasteiger partial charge on any atom is 0.407 e. The number of fused-ring (bicyclic) bond motifs is 5. The highest BCUT2D eigenvalue weighted by Gasteiger charge is 2.40. The van der Waals surface area contributed by atoms with Crippen LogP contribution in [0.15, 0.2) is 41.2 Å². The van der Waals surface area contributed by atoms with Crippen LogP contribution >= 0.6 is 11.6 Å². The fraction of sp³-hybridized carbons (Fsp3) is 0.529. The molecule has 3 heterocycles. The molecule has 1 saturated heterocycles. The summed E-state index contributed by atoms with van der Waals surface area (Å²) in [6.07, 6.45) is 4.62. The van der Waals surface area contributed by atoms with E-state index in [4.69, 9.17) is 16.3 Å². The number of alkyl carbamates (subject to hydrolysis) is 1. The van der Waals surface area contributed by atoms with Crippen LogP contribution in [0.4, 0.5) is 4.79 Å². The maximum atomic E-state index is 13.4. The molecule has 228 valence electrons. The number of ether oxygens (including phenoxy) is 1. The Morgan fingerprint density at radius 1 is 1.02 bits per heavy atom. The molecular formula is C34H41ClN4O4. The summed E-state index contributed by atoms with van der Waals surface area (Å²) < 4.78 is 7.47. The highest BCUT2D eigenvalue weighted by atomic mass is 35.5. The number of rotatable bonds is 3. The summed E-state index contributed by atoms with van der Waals surface area (Å²) in [6, 6.07) is 12.2. The second kappa shape index (κ2) is 11.0. The van der Waals surface area contributed by atoms with Crippen molar-refractivity contribution in [3.63, 3.8) is 0 Å². The van der Waals surface area contributed by atoms with Crippen LogP contribution in [-0.4, -0.2) is 51.2 Å². The third-order valence-corrected chi connectivity index (χ3v) is 9.75. The lowest BCUT2D eigenvalue weighted by Gasteiger charge is -2.37. The van der Waals surface area contributed by atoms with Crippen molar-refractivity contribution in [3.8, 4) is 5.69 Å². The standard InChI is InChI=1S/C34H41ClN4O4/c1-33(2,3)43-32(42)36-23-12-9-21(10-13-23)30(41)38-17-15-20(16-18-38)22-11-14-26-24(19-22)34(4,5)31-37-29(40)28-25(35)7-6-8-27(28)39(26)31/h6-8,11,14,19-21,23H,9-10,12-13,15-18H2,1-5H3,(H,36,42). The molecule has 0 radical (unpaired) electrons. The molecule has 3 aliphatic rings. The molecule has 2 aromatic carbocycles. The zero-order valence-electron chi connectivity index (χ0n) is 25.7. The highest BCUT2D eigenvalue weighted by Crippen LogP contribution is 2.45. The van der Waals surface area contributed by atoms with Crippen molar-refractivity contribution in [2.45, 2.75) is 96.1 Å². The number of benzene rings is 2. The molecule has 0 unspecified atom stereocenters. The van der Waals surface area contributed by atoms with Gasteiger partial charge in [0.1, 0.15) is 11.4 Å². The molecule has 1 aromatic heterocycles. The predicted octanol–water partition coefficient (Wildman–Crippen LogP) is 6.47. The topological polar surface area (TPSA) is 93.5 Å². The van der Waals surface area contributed by atoms with Gasteiger partial charge < -0.3 is 15.0 Å². The zero-order chi connectivity index (χ0) is 30.7. The molecule has 2 amide bonds. The van der Waals surface area contributed by atoms with E-state index in [1.165, 1.54) is 5.56 Å². The molecule has 3 aromatic rings. The highest BCUT2D eigenvalue weighted by molar-refractivity contribution is 6.35. The maximum absolute atomic E-state index is 13.4. The summed E-state index contributed by atoms with van der Waals surface area (Å²) in [5.41, 5.74) is 2.99. The molecular weight excluding hydrogens is 564 g/mol. The van der Waals surface area contributed by atoms with E-state index in [0.717, 1.165) is 74.2 Å².